The molecular weight excluding hydrogens is 689 g/mol. The second-order valence-corrected chi connectivity index (χ2v) is 15.7. The van der Waals surface area contributed by atoms with Crippen LogP contribution >= 0.6 is 0 Å². The van der Waals surface area contributed by atoms with Crippen molar-refractivity contribution in [3.8, 4) is 50.2 Å². The molecule has 1 N–H and O–H groups in total. The van der Waals surface area contributed by atoms with E-state index in [4.69, 9.17) is 0 Å². The predicted octanol–water partition coefficient (Wildman–Crippen LogP) is 14.1. The molecule has 264 valence electrons. The lowest BCUT2D eigenvalue weighted by Gasteiger charge is -2.30. The average Bonchev–Trinajstić information content (AvgIpc) is 4.00. The van der Waals surface area contributed by atoms with Crippen molar-refractivity contribution >= 4 is 43.6 Å². The van der Waals surface area contributed by atoms with Crippen LogP contribution in [0, 0.1) is 0 Å². The highest BCUT2D eigenvalue weighted by Crippen LogP contribution is 2.63. The van der Waals surface area contributed by atoms with E-state index in [1.807, 2.05) is 0 Å². The minimum Gasteiger partial charge on any atom is -0.354 e. The van der Waals surface area contributed by atoms with Crippen LogP contribution in [0.5, 0.6) is 0 Å². The van der Waals surface area contributed by atoms with E-state index in [0.29, 0.717) is 0 Å². The lowest BCUT2D eigenvalue weighted by molar-refractivity contribution is 0.794. The molecule has 1 spiro atoms. The van der Waals surface area contributed by atoms with Crippen molar-refractivity contribution in [2.45, 2.75) is 5.41 Å². The Hall–Kier alpha value is -7.42. The molecule has 0 atom stereocenters. The summed E-state index contributed by atoms with van der Waals surface area (Å²) in [5.41, 5.74) is 20.9. The number of hydrogen-bond acceptors (Lipinski definition) is 0. The first kappa shape index (κ1) is 30.9. The van der Waals surface area contributed by atoms with Crippen molar-refractivity contribution in [2.24, 2.45) is 0 Å². The third-order valence-electron chi connectivity index (χ3n) is 12.9. The van der Waals surface area contributed by atoms with Crippen LogP contribution in [0.25, 0.3) is 93.8 Å². The normalized spacial score (nSPS) is 13.4. The SMILES string of the molecule is c1ccc2c(c1)-c1ccccc1C21c2ccccc2-c2ccc(-c3cc(-c4cccc5c4[nH]c4ccccc45)cc(-n4c5ccccc5c5ccccc54)c3)cc21. The molecule has 2 aliphatic carbocycles. The van der Waals surface area contributed by atoms with E-state index in [1.54, 1.807) is 0 Å². The molecule has 0 unspecified atom stereocenters. The number of aromatic amines is 1. The van der Waals surface area contributed by atoms with Gasteiger partial charge in [0.25, 0.3) is 0 Å². The Morgan fingerprint density at radius 3 is 1.51 bits per heavy atom. The van der Waals surface area contributed by atoms with Gasteiger partial charge in [0.1, 0.15) is 0 Å². The summed E-state index contributed by atoms with van der Waals surface area (Å²) in [5, 5.41) is 5.00. The van der Waals surface area contributed by atoms with Gasteiger partial charge in [0.05, 0.1) is 22.0 Å². The van der Waals surface area contributed by atoms with Gasteiger partial charge in [-0.25, -0.2) is 0 Å². The molecule has 2 aliphatic rings. The van der Waals surface area contributed by atoms with Crippen LogP contribution in [0.4, 0.5) is 0 Å². The molecule has 2 nitrogen and oxygen atoms in total. The number of aromatic nitrogens is 2. The molecule has 0 saturated carbocycles. The summed E-state index contributed by atoms with van der Waals surface area (Å²) in [4.78, 5) is 3.81. The standard InChI is InChI=1S/C55H34N2/c1-7-22-47-39(14-1)40-15-2-8-23-48(40)55(47)49-24-9-3-16-41(49)42-29-28-34(33-50(42)55)35-30-36(38-20-13-21-46-43-17-4-10-25-51(43)56-54(38)46)32-37(31-35)57-52-26-11-5-18-44(52)45-19-6-12-27-53(45)57/h1-33,56H. The molecular formula is C55H34N2. The topological polar surface area (TPSA) is 20.7 Å². The highest BCUT2D eigenvalue weighted by atomic mass is 15.0. The predicted molar refractivity (Wildman–Crippen MR) is 237 cm³/mol. The number of H-pyrrole nitrogens is 1. The van der Waals surface area contributed by atoms with Crippen molar-refractivity contribution in [2.75, 3.05) is 0 Å². The summed E-state index contributed by atoms with van der Waals surface area (Å²) in [6.45, 7) is 0. The molecule has 57 heavy (non-hydrogen) atoms. The third kappa shape index (κ3) is 4.04. The summed E-state index contributed by atoms with van der Waals surface area (Å²) in [5.74, 6) is 0. The number of fused-ring (bicyclic) bond motifs is 16. The van der Waals surface area contributed by atoms with Gasteiger partial charge < -0.3 is 9.55 Å². The maximum absolute atomic E-state index is 3.81. The van der Waals surface area contributed by atoms with Crippen molar-refractivity contribution in [1.29, 1.82) is 0 Å². The van der Waals surface area contributed by atoms with Gasteiger partial charge in [0, 0.05) is 38.3 Å². The van der Waals surface area contributed by atoms with E-state index >= 15 is 0 Å². The minimum atomic E-state index is -0.404. The fourth-order valence-corrected chi connectivity index (χ4v) is 10.7. The number of para-hydroxylation sites is 4. The summed E-state index contributed by atoms with van der Waals surface area (Å²) >= 11 is 0. The smallest absolute Gasteiger partial charge is 0.0725 e. The van der Waals surface area contributed by atoms with E-state index in [-0.39, 0.29) is 0 Å². The molecule has 0 saturated heterocycles. The molecule has 2 heteroatoms. The zero-order valence-electron chi connectivity index (χ0n) is 31.0. The Kier molecular flexibility index (Phi) is 6.13. The summed E-state index contributed by atoms with van der Waals surface area (Å²) in [6.07, 6.45) is 0. The Balaban J connectivity index is 1.11. The fraction of sp³-hybridized carbons (Fsp3) is 0.0182. The second kappa shape index (κ2) is 11.3. The van der Waals surface area contributed by atoms with Crippen molar-refractivity contribution in [3.63, 3.8) is 0 Å². The fourth-order valence-electron chi connectivity index (χ4n) is 10.7. The average molecular weight is 723 g/mol. The maximum Gasteiger partial charge on any atom is 0.0725 e. The van der Waals surface area contributed by atoms with Gasteiger partial charge in [0.15, 0.2) is 0 Å². The van der Waals surface area contributed by atoms with Gasteiger partial charge in [-0.1, -0.05) is 158 Å². The highest BCUT2D eigenvalue weighted by Gasteiger charge is 2.51. The van der Waals surface area contributed by atoms with Gasteiger partial charge in [-0.2, -0.15) is 0 Å². The van der Waals surface area contributed by atoms with Crippen LogP contribution in [0.2, 0.25) is 0 Å². The first-order valence-corrected chi connectivity index (χ1v) is 19.8. The molecule has 0 amide bonds. The van der Waals surface area contributed by atoms with Crippen molar-refractivity contribution < 1.29 is 0 Å². The van der Waals surface area contributed by atoms with Gasteiger partial charge in [-0.05, 0) is 104 Å². The van der Waals surface area contributed by atoms with E-state index < -0.39 is 5.41 Å². The second-order valence-electron chi connectivity index (χ2n) is 15.7. The van der Waals surface area contributed by atoms with Crippen LogP contribution in [0.1, 0.15) is 22.3 Å². The molecule has 2 heterocycles. The van der Waals surface area contributed by atoms with Gasteiger partial charge in [0.2, 0.25) is 0 Å². The molecule has 0 aliphatic heterocycles. The summed E-state index contributed by atoms with van der Waals surface area (Å²) in [6, 6.07) is 74.6. The van der Waals surface area contributed by atoms with Crippen LogP contribution in [-0.4, -0.2) is 9.55 Å². The monoisotopic (exact) mass is 722 g/mol. The molecule has 9 aromatic carbocycles. The molecule has 11 aromatic rings. The van der Waals surface area contributed by atoms with Crippen molar-refractivity contribution in [1.82, 2.24) is 9.55 Å². The maximum atomic E-state index is 3.81. The number of nitrogens with zero attached hydrogens (tertiary/aromatic N) is 1. The Morgan fingerprint density at radius 2 is 0.842 bits per heavy atom. The van der Waals surface area contributed by atoms with Crippen LogP contribution < -0.4 is 0 Å². The lowest BCUT2D eigenvalue weighted by Crippen LogP contribution is -2.25. The Bertz CT molecular complexity index is 3370. The van der Waals surface area contributed by atoms with Gasteiger partial charge >= 0.3 is 0 Å². The van der Waals surface area contributed by atoms with E-state index in [2.05, 4.69) is 210 Å². The van der Waals surface area contributed by atoms with Crippen LogP contribution in [0.3, 0.4) is 0 Å². The first-order chi connectivity index (χ1) is 28.3. The summed E-state index contributed by atoms with van der Waals surface area (Å²) in [7, 11) is 0. The van der Waals surface area contributed by atoms with Crippen LogP contribution in [-0.2, 0) is 5.41 Å². The number of rotatable bonds is 3. The summed E-state index contributed by atoms with van der Waals surface area (Å²) < 4.78 is 2.46. The molecule has 13 rings (SSSR count). The first-order valence-electron chi connectivity index (χ1n) is 19.8. The zero-order chi connectivity index (χ0) is 37.2. The minimum absolute atomic E-state index is 0.404. The number of nitrogens with one attached hydrogen (secondary N) is 1. The number of hydrogen-bond donors (Lipinski definition) is 1. The molecule has 0 fully saturated rings. The van der Waals surface area contributed by atoms with Gasteiger partial charge in [-0.15, -0.1) is 0 Å². The van der Waals surface area contributed by atoms with E-state index in [9.17, 15) is 0 Å². The Labute approximate surface area is 329 Å². The molecule has 2 aromatic heterocycles. The van der Waals surface area contributed by atoms with E-state index in [1.165, 1.54) is 99.3 Å². The van der Waals surface area contributed by atoms with Crippen LogP contribution in [0.15, 0.2) is 200 Å². The zero-order valence-corrected chi connectivity index (χ0v) is 31.0. The van der Waals surface area contributed by atoms with E-state index in [0.717, 1.165) is 16.7 Å². The molecule has 0 radical (unpaired) electrons. The third-order valence-corrected chi connectivity index (χ3v) is 12.9. The quantitative estimate of drug-likeness (QED) is 0.187. The van der Waals surface area contributed by atoms with Crippen molar-refractivity contribution in [3.05, 3.63) is 222 Å². The number of benzene rings is 9. The molecule has 0 bridgehead atoms. The van der Waals surface area contributed by atoms with Gasteiger partial charge in [-0.3, -0.25) is 0 Å². The lowest BCUT2D eigenvalue weighted by atomic mass is 9.70. The Morgan fingerprint density at radius 1 is 0.333 bits per heavy atom. The highest BCUT2D eigenvalue weighted by molar-refractivity contribution is 6.13. The largest absolute Gasteiger partial charge is 0.354 e.